The first-order valence-corrected chi connectivity index (χ1v) is 5.77. The van der Waals surface area contributed by atoms with Gasteiger partial charge in [0.25, 0.3) is 0 Å². The summed E-state index contributed by atoms with van der Waals surface area (Å²) in [6, 6.07) is 6.49. The van der Waals surface area contributed by atoms with Gasteiger partial charge in [-0.05, 0) is 31.7 Å². The zero-order valence-corrected chi connectivity index (χ0v) is 9.07. The van der Waals surface area contributed by atoms with Gasteiger partial charge >= 0.3 is 0 Å². The molecule has 1 aliphatic carbocycles. The van der Waals surface area contributed by atoms with Crippen LogP contribution in [-0.2, 0) is 0 Å². The molecule has 0 aromatic heterocycles. The Bertz CT molecular complexity index is 384. The highest BCUT2D eigenvalue weighted by Gasteiger charge is 2.37. The lowest BCUT2D eigenvalue weighted by Crippen LogP contribution is -2.31. The van der Waals surface area contributed by atoms with Crippen LogP contribution >= 0.6 is 0 Å². The van der Waals surface area contributed by atoms with E-state index in [4.69, 9.17) is 10.5 Å². The molecule has 2 nitrogen and oxygen atoms in total. The molecular formula is C13H17NO. The van der Waals surface area contributed by atoms with Crippen molar-refractivity contribution >= 4 is 0 Å². The molecule has 0 amide bonds. The summed E-state index contributed by atoms with van der Waals surface area (Å²) in [6.07, 6.45) is 3.99. The summed E-state index contributed by atoms with van der Waals surface area (Å²) in [6.45, 7) is 2.10. The Kier molecular flexibility index (Phi) is 1.99. The smallest absolute Gasteiger partial charge is 0.124 e. The normalized spacial score (nSPS) is 29.5. The second-order valence-corrected chi connectivity index (χ2v) is 4.88. The summed E-state index contributed by atoms with van der Waals surface area (Å²) in [4.78, 5) is 0. The standard InChI is InChI=1S/C13H17NO/c1-8-2-5-12-10(6-8)11(14)7-13(15-12)9-3-4-9/h2,5-6,9,11,13H,3-4,7,14H2,1H3. The number of aryl methyl sites for hydroxylation is 1. The topological polar surface area (TPSA) is 35.2 Å². The van der Waals surface area contributed by atoms with Crippen molar-refractivity contribution in [3.63, 3.8) is 0 Å². The van der Waals surface area contributed by atoms with E-state index in [0.717, 1.165) is 18.1 Å². The van der Waals surface area contributed by atoms with Crippen molar-refractivity contribution < 1.29 is 4.74 Å². The molecule has 3 rings (SSSR count). The minimum atomic E-state index is 0.166. The van der Waals surface area contributed by atoms with Crippen LogP contribution in [0.4, 0.5) is 0 Å². The molecule has 2 N–H and O–H groups in total. The van der Waals surface area contributed by atoms with Gasteiger partial charge in [-0.1, -0.05) is 17.7 Å². The zero-order chi connectivity index (χ0) is 10.4. The largest absolute Gasteiger partial charge is 0.490 e. The maximum atomic E-state index is 6.19. The number of fused-ring (bicyclic) bond motifs is 1. The molecule has 1 fully saturated rings. The summed E-state index contributed by atoms with van der Waals surface area (Å²) in [5.41, 5.74) is 8.64. The molecular weight excluding hydrogens is 186 g/mol. The summed E-state index contributed by atoms with van der Waals surface area (Å²) in [7, 11) is 0. The first-order valence-electron chi connectivity index (χ1n) is 5.77. The molecule has 0 bridgehead atoms. The lowest BCUT2D eigenvalue weighted by atomic mass is 9.94. The predicted molar refractivity (Wildman–Crippen MR) is 59.9 cm³/mol. The summed E-state index contributed by atoms with van der Waals surface area (Å²) < 4.78 is 6.00. The van der Waals surface area contributed by atoms with Crippen LogP contribution in [0.25, 0.3) is 0 Å². The maximum absolute atomic E-state index is 6.19. The highest BCUT2D eigenvalue weighted by Crippen LogP contribution is 2.43. The quantitative estimate of drug-likeness (QED) is 0.761. The summed E-state index contributed by atoms with van der Waals surface area (Å²) in [5, 5.41) is 0. The lowest BCUT2D eigenvalue weighted by molar-refractivity contribution is 0.138. The van der Waals surface area contributed by atoms with Crippen molar-refractivity contribution in [3.05, 3.63) is 29.3 Å². The Balaban J connectivity index is 1.93. The number of benzene rings is 1. The van der Waals surface area contributed by atoms with E-state index in [2.05, 4.69) is 25.1 Å². The SMILES string of the molecule is Cc1ccc2c(c1)C(N)CC(C1CC1)O2. The van der Waals surface area contributed by atoms with E-state index in [1.165, 1.54) is 24.0 Å². The van der Waals surface area contributed by atoms with Gasteiger partial charge < -0.3 is 10.5 Å². The number of hydrogen-bond acceptors (Lipinski definition) is 2. The predicted octanol–water partition coefficient (Wildman–Crippen LogP) is 2.56. The van der Waals surface area contributed by atoms with E-state index < -0.39 is 0 Å². The lowest BCUT2D eigenvalue weighted by Gasteiger charge is -2.30. The third kappa shape index (κ3) is 1.63. The van der Waals surface area contributed by atoms with E-state index >= 15 is 0 Å². The monoisotopic (exact) mass is 203 g/mol. The van der Waals surface area contributed by atoms with Gasteiger partial charge in [-0.25, -0.2) is 0 Å². The van der Waals surface area contributed by atoms with Gasteiger partial charge in [0.1, 0.15) is 11.9 Å². The van der Waals surface area contributed by atoms with Crippen LogP contribution < -0.4 is 10.5 Å². The first kappa shape index (κ1) is 9.22. The molecule has 1 aliphatic heterocycles. The van der Waals surface area contributed by atoms with Crippen molar-refractivity contribution in [1.29, 1.82) is 0 Å². The Morgan fingerprint density at radius 2 is 2.13 bits per heavy atom. The highest BCUT2D eigenvalue weighted by molar-refractivity contribution is 5.40. The molecule has 0 spiro atoms. The molecule has 80 valence electrons. The minimum absolute atomic E-state index is 0.166. The second kappa shape index (κ2) is 3.24. The van der Waals surface area contributed by atoms with Gasteiger partial charge in [0.05, 0.1) is 0 Å². The maximum Gasteiger partial charge on any atom is 0.124 e. The van der Waals surface area contributed by atoms with Crippen LogP contribution in [0.1, 0.15) is 36.4 Å². The summed E-state index contributed by atoms with van der Waals surface area (Å²) in [5.74, 6) is 1.78. The van der Waals surface area contributed by atoms with E-state index in [1.54, 1.807) is 0 Å². The first-order chi connectivity index (χ1) is 7.24. The molecule has 1 saturated carbocycles. The van der Waals surface area contributed by atoms with Crippen LogP contribution in [0.5, 0.6) is 5.75 Å². The van der Waals surface area contributed by atoms with Gasteiger partial charge in [0, 0.05) is 18.0 Å². The zero-order valence-electron chi connectivity index (χ0n) is 9.07. The molecule has 2 heteroatoms. The van der Waals surface area contributed by atoms with Crippen LogP contribution in [-0.4, -0.2) is 6.10 Å². The van der Waals surface area contributed by atoms with Crippen molar-refractivity contribution in [3.8, 4) is 5.75 Å². The molecule has 1 heterocycles. The minimum Gasteiger partial charge on any atom is -0.490 e. The van der Waals surface area contributed by atoms with Crippen molar-refractivity contribution in [2.45, 2.75) is 38.3 Å². The van der Waals surface area contributed by atoms with E-state index in [-0.39, 0.29) is 6.04 Å². The summed E-state index contributed by atoms with van der Waals surface area (Å²) >= 11 is 0. The average Bonchev–Trinajstić information content (AvgIpc) is 3.02. The number of hydrogen-bond donors (Lipinski definition) is 1. The molecule has 15 heavy (non-hydrogen) atoms. The fourth-order valence-corrected chi connectivity index (χ4v) is 2.41. The fourth-order valence-electron chi connectivity index (χ4n) is 2.41. The molecule has 0 radical (unpaired) electrons. The molecule has 2 atom stereocenters. The Hall–Kier alpha value is -1.02. The third-order valence-corrected chi connectivity index (χ3v) is 3.48. The number of nitrogens with two attached hydrogens (primary N) is 1. The highest BCUT2D eigenvalue weighted by atomic mass is 16.5. The second-order valence-electron chi connectivity index (χ2n) is 4.88. The fraction of sp³-hybridized carbons (Fsp3) is 0.538. The molecule has 0 saturated heterocycles. The van der Waals surface area contributed by atoms with Crippen LogP contribution in [0.2, 0.25) is 0 Å². The number of ether oxygens (including phenoxy) is 1. The molecule has 1 aromatic carbocycles. The Labute approximate surface area is 90.4 Å². The van der Waals surface area contributed by atoms with Crippen molar-refractivity contribution in [2.24, 2.45) is 11.7 Å². The van der Waals surface area contributed by atoms with Gasteiger partial charge in [-0.3, -0.25) is 0 Å². The third-order valence-electron chi connectivity index (χ3n) is 3.48. The van der Waals surface area contributed by atoms with Crippen LogP contribution in [0.3, 0.4) is 0 Å². The van der Waals surface area contributed by atoms with Crippen LogP contribution in [0, 0.1) is 12.8 Å². The van der Waals surface area contributed by atoms with Crippen LogP contribution in [0.15, 0.2) is 18.2 Å². The van der Waals surface area contributed by atoms with Gasteiger partial charge in [-0.15, -0.1) is 0 Å². The van der Waals surface area contributed by atoms with Gasteiger partial charge in [0.2, 0.25) is 0 Å². The van der Waals surface area contributed by atoms with E-state index in [1.807, 2.05) is 0 Å². The van der Waals surface area contributed by atoms with Crippen molar-refractivity contribution in [1.82, 2.24) is 0 Å². The average molecular weight is 203 g/mol. The molecule has 1 aromatic rings. The number of rotatable bonds is 1. The van der Waals surface area contributed by atoms with Gasteiger partial charge in [0.15, 0.2) is 0 Å². The van der Waals surface area contributed by atoms with E-state index in [0.29, 0.717) is 6.10 Å². The molecule has 2 unspecified atom stereocenters. The van der Waals surface area contributed by atoms with Gasteiger partial charge in [-0.2, -0.15) is 0 Å². The molecule has 2 aliphatic rings. The van der Waals surface area contributed by atoms with E-state index in [9.17, 15) is 0 Å². The Morgan fingerprint density at radius 1 is 1.33 bits per heavy atom. The Morgan fingerprint density at radius 3 is 2.87 bits per heavy atom. The van der Waals surface area contributed by atoms with Crippen molar-refractivity contribution in [2.75, 3.05) is 0 Å².